The summed E-state index contributed by atoms with van der Waals surface area (Å²) in [6.07, 6.45) is 0.547. The molecule has 3 aromatic carbocycles. The Balaban J connectivity index is 1.72. The number of ether oxygens (including phenoxy) is 2. The number of carbonyl (C=O) groups is 1. The van der Waals surface area contributed by atoms with Crippen molar-refractivity contribution in [2.75, 3.05) is 27.3 Å². The second-order valence-electron chi connectivity index (χ2n) is 8.01. The van der Waals surface area contributed by atoms with Gasteiger partial charge < -0.3 is 14.8 Å². The third-order valence-electron chi connectivity index (χ3n) is 5.41. The number of aryl methyl sites for hydroxylation is 1. The van der Waals surface area contributed by atoms with Gasteiger partial charge in [0.2, 0.25) is 15.9 Å². The lowest BCUT2D eigenvalue weighted by molar-refractivity contribution is -0.121. The van der Waals surface area contributed by atoms with Gasteiger partial charge >= 0.3 is 0 Å². The van der Waals surface area contributed by atoms with Gasteiger partial charge in [-0.25, -0.2) is 8.42 Å². The van der Waals surface area contributed by atoms with Crippen LogP contribution in [0.25, 0.3) is 0 Å². The minimum Gasteiger partial charge on any atom is -0.493 e. The topological polar surface area (TPSA) is 84.9 Å². The van der Waals surface area contributed by atoms with E-state index in [1.54, 1.807) is 68.8 Å². The van der Waals surface area contributed by atoms with Crippen LogP contribution in [0.3, 0.4) is 0 Å². The maximum Gasteiger partial charge on any atom is 0.243 e. The van der Waals surface area contributed by atoms with E-state index in [9.17, 15) is 13.2 Å². The summed E-state index contributed by atoms with van der Waals surface area (Å²) in [5.41, 5.74) is 2.58. The van der Waals surface area contributed by atoms with Crippen LogP contribution in [-0.4, -0.2) is 45.9 Å². The third kappa shape index (κ3) is 7.21. The molecule has 0 aliphatic rings. The first-order valence-electron chi connectivity index (χ1n) is 11.0. The maximum absolute atomic E-state index is 13.4. The summed E-state index contributed by atoms with van der Waals surface area (Å²) in [5.74, 6) is 0.828. The molecular weight excluding hydrogens is 488 g/mol. The van der Waals surface area contributed by atoms with Crippen LogP contribution in [0, 0.1) is 6.92 Å². The molecule has 0 saturated heterocycles. The Morgan fingerprint density at radius 3 is 2.31 bits per heavy atom. The standard InChI is InChI=1S/C26H29ClN2O5S/c1-19-7-10-23(11-8-19)35(31,32)29(17-21-5-4-6-22(27)15-21)18-26(30)28-14-13-20-9-12-24(33-2)25(16-20)34-3/h4-12,15-16H,13-14,17-18H2,1-3H3,(H,28,30). The Labute approximate surface area is 211 Å². The summed E-state index contributed by atoms with van der Waals surface area (Å²) < 4.78 is 38.5. The van der Waals surface area contributed by atoms with Gasteiger partial charge in [-0.3, -0.25) is 4.79 Å². The zero-order valence-electron chi connectivity index (χ0n) is 20.0. The van der Waals surface area contributed by atoms with Crippen molar-refractivity contribution in [2.24, 2.45) is 0 Å². The molecule has 1 amide bonds. The molecule has 3 rings (SSSR count). The molecule has 1 N–H and O–H groups in total. The van der Waals surface area contributed by atoms with Crippen molar-refractivity contribution in [2.45, 2.75) is 24.8 Å². The predicted molar refractivity (Wildman–Crippen MR) is 136 cm³/mol. The number of benzene rings is 3. The number of methoxy groups -OCH3 is 2. The molecule has 0 aromatic heterocycles. The summed E-state index contributed by atoms with van der Waals surface area (Å²) in [5, 5.41) is 3.31. The zero-order valence-corrected chi connectivity index (χ0v) is 21.5. The van der Waals surface area contributed by atoms with Crippen molar-refractivity contribution < 1.29 is 22.7 Å². The number of sulfonamides is 1. The molecule has 0 aliphatic carbocycles. The lowest BCUT2D eigenvalue weighted by atomic mass is 10.1. The Bertz CT molecular complexity index is 1260. The minimum absolute atomic E-state index is 0.0138. The SMILES string of the molecule is COc1ccc(CCNC(=O)CN(Cc2cccc(Cl)c2)S(=O)(=O)c2ccc(C)cc2)cc1OC. The van der Waals surface area contributed by atoms with E-state index in [1.807, 2.05) is 19.1 Å². The fraction of sp³-hybridized carbons (Fsp3) is 0.269. The average molecular weight is 517 g/mol. The largest absolute Gasteiger partial charge is 0.493 e. The van der Waals surface area contributed by atoms with Crippen LogP contribution in [0.1, 0.15) is 16.7 Å². The molecule has 35 heavy (non-hydrogen) atoms. The summed E-state index contributed by atoms with van der Waals surface area (Å²) in [6.45, 7) is 1.91. The van der Waals surface area contributed by atoms with Crippen LogP contribution in [-0.2, 0) is 27.8 Å². The monoisotopic (exact) mass is 516 g/mol. The predicted octanol–water partition coefficient (Wildman–Crippen LogP) is 4.22. The smallest absolute Gasteiger partial charge is 0.243 e. The van der Waals surface area contributed by atoms with E-state index in [1.165, 1.54) is 0 Å². The Morgan fingerprint density at radius 2 is 1.66 bits per heavy atom. The molecule has 0 bridgehead atoms. The van der Waals surface area contributed by atoms with Gasteiger partial charge in [0.1, 0.15) is 0 Å². The van der Waals surface area contributed by atoms with Gasteiger partial charge in [-0.2, -0.15) is 4.31 Å². The van der Waals surface area contributed by atoms with Gasteiger partial charge in [0.15, 0.2) is 11.5 Å². The molecule has 0 heterocycles. The number of hydrogen-bond acceptors (Lipinski definition) is 5. The van der Waals surface area contributed by atoms with Crippen LogP contribution >= 0.6 is 11.6 Å². The van der Waals surface area contributed by atoms with Crippen molar-refractivity contribution in [3.05, 3.63) is 88.4 Å². The molecular formula is C26H29ClN2O5S. The summed E-state index contributed by atoms with van der Waals surface area (Å²) in [7, 11) is -0.790. The molecule has 3 aromatic rings. The highest BCUT2D eigenvalue weighted by Crippen LogP contribution is 2.27. The number of nitrogens with zero attached hydrogens (tertiary/aromatic N) is 1. The van der Waals surface area contributed by atoms with Crippen molar-refractivity contribution in [3.8, 4) is 11.5 Å². The zero-order chi connectivity index (χ0) is 25.4. The highest BCUT2D eigenvalue weighted by molar-refractivity contribution is 7.89. The van der Waals surface area contributed by atoms with Crippen molar-refractivity contribution in [1.82, 2.24) is 9.62 Å². The van der Waals surface area contributed by atoms with Gasteiger partial charge in [-0.15, -0.1) is 0 Å². The van der Waals surface area contributed by atoms with Crippen molar-refractivity contribution in [1.29, 1.82) is 0 Å². The first kappa shape index (κ1) is 26.5. The highest BCUT2D eigenvalue weighted by atomic mass is 35.5. The fourth-order valence-corrected chi connectivity index (χ4v) is 5.12. The van der Waals surface area contributed by atoms with Gasteiger partial charge in [-0.1, -0.05) is 47.5 Å². The molecule has 9 heteroatoms. The third-order valence-corrected chi connectivity index (χ3v) is 7.45. The molecule has 0 fully saturated rings. The number of hydrogen-bond donors (Lipinski definition) is 1. The lowest BCUT2D eigenvalue weighted by Gasteiger charge is -2.22. The molecule has 186 valence electrons. The molecule has 0 atom stereocenters. The normalized spacial score (nSPS) is 11.3. The van der Waals surface area contributed by atoms with Gasteiger partial charge in [0.05, 0.1) is 25.7 Å². The summed E-state index contributed by atoms with van der Waals surface area (Å²) >= 11 is 6.09. The molecule has 0 saturated carbocycles. The number of carbonyl (C=O) groups excluding carboxylic acids is 1. The van der Waals surface area contributed by atoms with E-state index >= 15 is 0 Å². The fourth-order valence-electron chi connectivity index (χ4n) is 3.52. The molecule has 0 unspecified atom stereocenters. The van der Waals surface area contributed by atoms with E-state index in [0.717, 1.165) is 15.4 Å². The van der Waals surface area contributed by atoms with Gasteiger partial charge in [0.25, 0.3) is 0 Å². The first-order valence-corrected chi connectivity index (χ1v) is 12.8. The average Bonchev–Trinajstić information content (AvgIpc) is 2.84. The number of nitrogens with one attached hydrogen (secondary N) is 1. The maximum atomic E-state index is 13.4. The summed E-state index contributed by atoms with van der Waals surface area (Å²) in [6, 6.07) is 19.0. The van der Waals surface area contributed by atoms with E-state index in [2.05, 4.69) is 5.32 Å². The highest BCUT2D eigenvalue weighted by Gasteiger charge is 2.27. The van der Waals surface area contributed by atoms with Crippen molar-refractivity contribution >= 4 is 27.5 Å². The number of amides is 1. The molecule has 0 spiro atoms. The quantitative estimate of drug-likeness (QED) is 0.412. The Hall–Kier alpha value is -3.07. The Morgan fingerprint density at radius 1 is 0.943 bits per heavy atom. The lowest BCUT2D eigenvalue weighted by Crippen LogP contribution is -2.40. The van der Waals surface area contributed by atoms with Crippen LogP contribution < -0.4 is 14.8 Å². The molecule has 0 radical (unpaired) electrons. The van der Waals surface area contributed by atoms with E-state index in [4.69, 9.17) is 21.1 Å². The van der Waals surface area contributed by atoms with E-state index in [0.29, 0.717) is 35.1 Å². The van der Waals surface area contributed by atoms with Crippen LogP contribution in [0.4, 0.5) is 0 Å². The van der Waals surface area contributed by atoms with Gasteiger partial charge in [-0.05, 0) is 60.9 Å². The Kier molecular flexibility index (Phi) is 9.14. The molecule has 7 nitrogen and oxygen atoms in total. The van der Waals surface area contributed by atoms with Crippen molar-refractivity contribution in [3.63, 3.8) is 0 Å². The van der Waals surface area contributed by atoms with Crippen LogP contribution in [0.15, 0.2) is 71.6 Å². The van der Waals surface area contributed by atoms with Crippen LogP contribution in [0.2, 0.25) is 5.02 Å². The minimum atomic E-state index is -3.92. The summed E-state index contributed by atoms with van der Waals surface area (Å²) in [4.78, 5) is 12.9. The number of rotatable bonds is 11. The number of halogens is 1. The second kappa shape index (κ2) is 12.1. The first-order chi connectivity index (χ1) is 16.7. The van der Waals surface area contributed by atoms with Crippen LogP contribution in [0.5, 0.6) is 11.5 Å². The van der Waals surface area contributed by atoms with E-state index in [-0.39, 0.29) is 18.0 Å². The molecule has 0 aliphatic heterocycles. The van der Waals surface area contributed by atoms with Gasteiger partial charge in [0, 0.05) is 18.1 Å². The second-order valence-corrected chi connectivity index (χ2v) is 10.4. The van der Waals surface area contributed by atoms with E-state index < -0.39 is 15.9 Å².